The molecule has 0 bridgehead atoms. The molecule has 2 atom stereocenters. The lowest BCUT2D eigenvalue weighted by molar-refractivity contribution is -0.305. The number of aliphatic hydroxyl groups is 1. The van der Waals surface area contributed by atoms with Crippen LogP contribution in [0.3, 0.4) is 0 Å². The number of alkyl halides is 9. The van der Waals surface area contributed by atoms with Crippen LogP contribution in [-0.2, 0) is 29.4 Å². The number of carbonyl (C=O) groups excluding carboxylic acids is 3. The summed E-state index contributed by atoms with van der Waals surface area (Å²) in [6.45, 7) is -0.730. The maximum Gasteiger partial charge on any atom is 0.448 e. The van der Waals surface area contributed by atoms with Gasteiger partial charge in [0.2, 0.25) is 0 Å². The monoisotopic (exact) mass is 572 g/mol. The van der Waals surface area contributed by atoms with Crippen LogP contribution < -0.4 is 10.6 Å². The van der Waals surface area contributed by atoms with Crippen molar-refractivity contribution in [1.29, 1.82) is 0 Å². The molecule has 0 fully saturated rings. The minimum Gasteiger partial charge on any atom is -0.463 e. The number of rotatable bonds is 9. The summed E-state index contributed by atoms with van der Waals surface area (Å²) in [5.41, 5.74) is -10.8. The van der Waals surface area contributed by atoms with Crippen molar-refractivity contribution in [2.45, 2.75) is 50.6 Å². The van der Waals surface area contributed by atoms with E-state index < -0.39 is 78.9 Å². The second-order valence-electron chi connectivity index (χ2n) is 7.34. The van der Waals surface area contributed by atoms with Crippen LogP contribution in [-0.4, -0.2) is 67.2 Å². The van der Waals surface area contributed by atoms with Gasteiger partial charge in [-0.1, -0.05) is 12.1 Å². The molecule has 0 heterocycles. The van der Waals surface area contributed by atoms with Crippen molar-refractivity contribution in [3.63, 3.8) is 0 Å². The number of hydrogen-bond donors (Lipinski definition) is 3. The second kappa shape index (κ2) is 11.6. The lowest BCUT2D eigenvalue weighted by Crippen LogP contribution is -2.67. The van der Waals surface area contributed by atoms with Gasteiger partial charge in [0, 0.05) is 11.3 Å². The number of anilines is 1. The Labute approximate surface area is 208 Å². The number of amides is 2. The second-order valence-corrected chi connectivity index (χ2v) is 7.34. The third-order valence-corrected chi connectivity index (χ3v) is 4.58. The maximum atomic E-state index is 13.7. The number of ether oxygens (including phenoxy) is 3. The molecule has 2 amide bonds. The van der Waals surface area contributed by atoms with E-state index in [1.165, 1.54) is 6.92 Å². The van der Waals surface area contributed by atoms with E-state index in [1.807, 2.05) is 0 Å². The summed E-state index contributed by atoms with van der Waals surface area (Å²) in [7, 11) is 0. The van der Waals surface area contributed by atoms with Gasteiger partial charge in [-0.3, -0.25) is 5.32 Å². The fourth-order valence-corrected chi connectivity index (χ4v) is 2.81. The van der Waals surface area contributed by atoms with E-state index in [1.54, 1.807) is 5.32 Å². The molecular weight excluding hydrogens is 551 g/mol. The summed E-state index contributed by atoms with van der Waals surface area (Å²) in [5, 5.41) is 12.7. The topological polar surface area (TPSA) is 123 Å². The van der Waals surface area contributed by atoms with E-state index >= 15 is 0 Å². The molecule has 1 rings (SSSR count). The van der Waals surface area contributed by atoms with Crippen LogP contribution in [0.5, 0.6) is 0 Å². The Hall–Kier alpha value is -3.28. The maximum absolute atomic E-state index is 13.7. The smallest absolute Gasteiger partial charge is 0.448 e. The van der Waals surface area contributed by atoms with Gasteiger partial charge in [0.1, 0.15) is 6.61 Å². The van der Waals surface area contributed by atoms with Crippen LogP contribution in [0.15, 0.2) is 18.2 Å². The van der Waals surface area contributed by atoms with Crippen LogP contribution in [0.2, 0.25) is 0 Å². The fraction of sp³-hybridized carbons (Fsp3) is 0.550. The average Bonchev–Trinajstić information content (AvgIpc) is 2.75. The van der Waals surface area contributed by atoms with Crippen molar-refractivity contribution >= 4 is 23.7 Å². The Bertz CT molecular complexity index is 1030. The van der Waals surface area contributed by atoms with Crippen molar-refractivity contribution in [2.24, 2.45) is 0 Å². The number of urea groups is 1. The molecule has 2 unspecified atom stereocenters. The van der Waals surface area contributed by atoms with Gasteiger partial charge < -0.3 is 24.6 Å². The quantitative estimate of drug-likeness (QED) is 0.234. The van der Waals surface area contributed by atoms with Gasteiger partial charge in [0.05, 0.1) is 13.2 Å². The van der Waals surface area contributed by atoms with Gasteiger partial charge in [-0.2, -0.15) is 39.5 Å². The molecule has 0 radical (unpaired) electrons. The summed E-state index contributed by atoms with van der Waals surface area (Å²) in [6.07, 6.45) is -16.9. The molecule has 0 saturated heterocycles. The third kappa shape index (κ3) is 7.18. The van der Waals surface area contributed by atoms with E-state index in [4.69, 9.17) is 0 Å². The molecule has 0 aliphatic heterocycles. The normalized spacial score (nSPS) is 15.6. The molecule has 38 heavy (non-hydrogen) atoms. The number of hydrogen-bond acceptors (Lipinski definition) is 7. The lowest BCUT2D eigenvalue weighted by atomic mass is 9.91. The van der Waals surface area contributed by atoms with Crippen LogP contribution >= 0.6 is 0 Å². The highest BCUT2D eigenvalue weighted by molar-refractivity contribution is 5.95. The highest BCUT2D eigenvalue weighted by Crippen LogP contribution is 2.41. The Morgan fingerprint density at radius 1 is 0.868 bits per heavy atom. The number of nitrogens with one attached hydrogen (secondary N) is 2. The van der Waals surface area contributed by atoms with E-state index in [2.05, 4.69) is 14.2 Å². The first-order valence-corrected chi connectivity index (χ1v) is 10.3. The molecule has 0 aliphatic carbocycles. The van der Waals surface area contributed by atoms with Gasteiger partial charge in [0.15, 0.2) is 0 Å². The molecule has 0 aliphatic rings. The molecule has 9 nitrogen and oxygen atoms in total. The van der Waals surface area contributed by atoms with Gasteiger partial charge >= 0.3 is 42.2 Å². The molecule has 0 aromatic heterocycles. The Morgan fingerprint density at radius 3 is 1.82 bits per heavy atom. The van der Waals surface area contributed by atoms with Crippen LogP contribution in [0.4, 0.5) is 50.0 Å². The van der Waals surface area contributed by atoms with Crippen LogP contribution in [0.25, 0.3) is 0 Å². The standard InChI is InChI=1S/C20H21F9N2O7/c1-4-36-13(32)17(35,19(24,25)26)11-6-7-12(10(3)8-11)30-15(34)31-18(20(27,28)29,14(33)37-5-2)38-9-16(21,22)23/h6-8,35H,4-5,9H2,1-3H3,(H2,30,31,34). The van der Waals surface area contributed by atoms with Gasteiger partial charge in [-0.15, -0.1) is 0 Å². The molecule has 1 aromatic carbocycles. The van der Waals surface area contributed by atoms with E-state index in [9.17, 15) is 59.0 Å². The summed E-state index contributed by atoms with van der Waals surface area (Å²) in [5.74, 6) is -4.53. The van der Waals surface area contributed by atoms with Crippen molar-refractivity contribution in [3.05, 3.63) is 29.3 Å². The van der Waals surface area contributed by atoms with Crippen molar-refractivity contribution < 1.29 is 73.2 Å². The van der Waals surface area contributed by atoms with Crippen LogP contribution in [0, 0.1) is 6.92 Å². The average molecular weight is 572 g/mol. The number of esters is 2. The van der Waals surface area contributed by atoms with E-state index in [0.29, 0.717) is 18.2 Å². The summed E-state index contributed by atoms with van der Waals surface area (Å²) < 4.78 is 132. The Morgan fingerprint density at radius 2 is 1.39 bits per heavy atom. The molecule has 18 heteroatoms. The lowest BCUT2D eigenvalue weighted by Gasteiger charge is -2.33. The zero-order valence-electron chi connectivity index (χ0n) is 19.7. The molecule has 216 valence electrons. The van der Waals surface area contributed by atoms with Gasteiger partial charge in [-0.25, -0.2) is 14.4 Å². The first-order chi connectivity index (χ1) is 17.2. The first kappa shape index (κ1) is 32.7. The van der Waals surface area contributed by atoms with E-state index in [0.717, 1.165) is 19.2 Å². The first-order valence-electron chi connectivity index (χ1n) is 10.3. The largest absolute Gasteiger partial charge is 0.463 e. The Balaban J connectivity index is 3.40. The highest BCUT2D eigenvalue weighted by atomic mass is 19.4. The summed E-state index contributed by atoms with van der Waals surface area (Å²) >= 11 is 0. The molecule has 1 aromatic rings. The number of halogens is 9. The summed E-state index contributed by atoms with van der Waals surface area (Å²) in [4.78, 5) is 36.2. The predicted molar refractivity (Wildman–Crippen MR) is 107 cm³/mol. The zero-order chi connectivity index (χ0) is 29.7. The SMILES string of the molecule is CCOC(=O)C(NC(=O)Nc1ccc(C(O)(C(=O)OCC)C(F)(F)F)cc1C)(OCC(F)(F)F)C(F)(F)F. The van der Waals surface area contributed by atoms with Crippen molar-refractivity contribution in [3.8, 4) is 0 Å². The predicted octanol–water partition coefficient (Wildman–Crippen LogP) is 3.83. The number of benzene rings is 1. The minimum atomic E-state index is -5.98. The molecule has 0 saturated carbocycles. The number of aryl methyl sites for hydroxylation is 1. The molecule has 3 N–H and O–H groups in total. The van der Waals surface area contributed by atoms with Crippen LogP contribution in [0.1, 0.15) is 25.0 Å². The Kier molecular flexibility index (Phi) is 10.0. The fourth-order valence-electron chi connectivity index (χ4n) is 2.81. The minimum absolute atomic E-state index is 0.366. The molecule has 0 spiro atoms. The van der Waals surface area contributed by atoms with Crippen molar-refractivity contribution in [1.82, 2.24) is 5.32 Å². The van der Waals surface area contributed by atoms with Gasteiger partial charge in [0.25, 0.3) is 5.60 Å². The van der Waals surface area contributed by atoms with E-state index in [-0.39, 0.29) is 5.56 Å². The van der Waals surface area contributed by atoms with Crippen molar-refractivity contribution in [2.75, 3.05) is 25.1 Å². The highest BCUT2D eigenvalue weighted by Gasteiger charge is 2.66. The summed E-state index contributed by atoms with van der Waals surface area (Å²) in [6, 6.07) is -0.320. The number of carbonyl (C=O) groups is 3. The van der Waals surface area contributed by atoms with Gasteiger partial charge in [-0.05, 0) is 32.4 Å². The molecular formula is C20H21F9N2O7. The third-order valence-electron chi connectivity index (χ3n) is 4.58. The zero-order valence-corrected chi connectivity index (χ0v) is 19.7.